The summed E-state index contributed by atoms with van der Waals surface area (Å²) in [6.07, 6.45) is 18.3. The first-order chi connectivity index (χ1) is 36.8. The number of carboxylic acid groups (broad SMARTS) is 2. The van der Waals surface area contributed by atoms with Crippen molar-refractivity contribution >= 4 is 63.8 Å². The first-order valence-electron chi connectivity index (χ1n) is 27.8. The lowest BCUT2D eigenvalue weighted by Crippen LogP contribution is -2.56. The second kappa shape index (κ2) is 48.6. The van der Waals surface area contributed by atoms with E-state index in [1.165, 1.54) is 51.7 Å². The van der Waals surface area contributed by atoms with Gasteiger partial charge >= 0.3 is 11.9 Å². The fraction of sp³-hybridized carbons (Fsp3) is 0.830. The van der Waals surface area contributed by atoms with Crippen LogP contribution in [0.25, 0.3) is 0 Å². The van der Waals surface area contributed by atoms with Crippen LogP contribution < -0.4 is 32.5 Å². The Morgan fingerprint density at radius 3 is 1.61 bits per heavy atom. The highest BCUT2D eigenvalue weighted by Crippen LogP contribution is 2.18. The molecule has 0 aliphatic heterocycles. The number of aliphatic hydroxyl groups is 1. The molecule has 0 aromatic carbocycles. The predicted molar refractivity (Wildman–Crippen MR) is 294 cm³/mol. The number of ether oxygens (including phenoxy) is 4. The van der Waals surface area contributed by atoms with Crippen molar-refractivity contribution in [1.29, 1.82) is 0 Å². The highest BCUT2D eigenvalue weighted by atomic mass is 32.2. The summed E-state index contributed by atoms with van der Waals surface area (Å²) in [5, 5.41) is 35.9. The number of amides is 5. The van der Waals surface area contributed by atoms with E-state index >= 15 is 0 Å². The molecule has 0 saturated carbocycles. The summed E-state index contributed by atoms with van der Waals surface area (Å²) in [7, 11) is -1.20. The molecule has 0 rings (SSSR count). The number of unbranched alkanes of at least 4 members (excludes halogenated alkanes) is 14. The van der Waals surface area contributed by atoms with Crippen LogP contribution in [0, 0.1) is 11.8 Å². The fourth-order valence-corrected chi connectivity index (χ4v) is 8.48. The summed E-state index contributed by atoms with van der Waals surface area (Å²) in [5.41, 5.74) is 9.99. The minimum Gasteiger partial charge on any atom is -0.481 e. The number of nitrogens with one attached hydrogen (secondary N) is 5. The number of hydrogen-bond acceptors (Lipinski definition) is 16. The topological polar surface area (TPSA) is 354 Å². The highest BCUT2D eigenvalue weighted by molar-refractivity contribution is 7.84. The molecule has 0 aliphatic rings. The Morgan fingerprint density at radius 2 is 1.09 bits per heavy atom. The van der Waals surface area contributed by atoms with Gasteiger partial charge in [-0.05, 0) is 51.9 Å². The fourth-order valence-electron chi connectivity index (χ4n) is 7.87. The van der Waals surface area contributed by atoms with Crippen molar-refractivity contribution in [3.63, 3.8) is 0 Å². The van der Waals surface area contributed by atoms with Crippen molar-refractivity contribution in [3.05, 3.63) is 0 Å². The van der Waals surface area contributed by atoms with E-state index in [1.54, 1.807) is 6.92 Å². The molecule has 5 amide bonds. The van der Waals surface area contributed by atoms with Gasteiger partial charge < -0.3 is 56.0 Å². The molecule has 0 radical (unpaired) electrons. The van der Waals surface area contributed by atoms with E-state index < -0.39 is 58.7 Å². The van der Waals surface area contributed by atoms with E-state index in [0.717, 1.165) is 44.9 Å². The number of ketones is 2. The maximum atomic E-state index is 13.0. The van der Waals surface area contributed by atoms with Gasteiger partial charge in [0.2, 0.25) is 29.5 Å². The molecule has 0 spiro atoms. The Balaban J connectivity index is -0.0000289. The Labute approximate surface area is 461 Å². The third-order valence-electron chi connectivity index (χ3n) is 12.6. The first kappa shape index (κ1) is 72.5. The number of carbonyl (C=O) groups excluding carboxylic acids is 7. The van der Waals surface area contributed by atoms with Crippen LogP contribution in [-0.2, 0) is 72.9 Å². The van der Waals surface area contributed by atoms with Crippen LogP contribution in [0.2, 0.25) is 0 Å². The summed E-state index contributed by atoms with van der Waals surface area (Å²) >= 11 is 0. The van der Waals surface area contributed by atoms with Crippen LogP contribution in [-0.4, -0.2) is 169 Å². The number of aliphatic hydroxyl groups excluding tert-OH is 1. The molecule has 0 saturated heterocycles. The normalized spacial score (nSPS) is 13.6. The minimum atomic E-state index is -1.23. The molecule has 0 fully saturated rings. The van der Waals surface area contributed by atoms with Gasteiger partial charge in [-0.25, -0.2) is 10.2 Å². The third kappa shape index (κ3) is 45.1. The van der Waals surface area contributed by atoms with Gasteiger partial charge in [0.05, 0.1) is 39.1 Å². The Kier molecular flexibility index (Phi) is 45.8. The van der Waals surface area contributed by atoms with Crippen LogP contribution in [0.15, 0.2) is 0 Å². The lowest BCUT2D eigenvalue weighted by atomic mass is 9.90. The number of aliphatic carboxylic acids is 2. The largest absolute Gasteiger partial charge is 0.481 e. The van der Waals surface area contributed by atoms with Crippen LogP contribution in [0.1, 0.15) is 177 Å². The van der Waals surface area contributed by atoms with Crippen LogP contribution in [0.5, 0.6) is 0 Å². The van der Waals surface area contributed by atoms with Gasteiger partial charge in [-0.1, -0.05) is 90.4 Å². The summed E-state index contributed by atoms with van der Waals surface area (Å²) in [5.74, 6) is -5.58. The Bertz CT molecular complexity index is 1720. The summed E-state index contributed by atoms with van der Waals surface area (Å²) in [6.45, 7) is 4.59. The van der Waals surface area contributed by atoms with E-state index in [0.29, 0.717) is 38.6 Å². The van der Waals surface area contributed by atoms with E-state index in [9.17, 15) is 57.6 Å². The van der Waals surface area contributed by atoms with Crippen molar-refractivity contribution in [1.82, 2.24) is 26.8 Å². The molecular weight excluding hydrogens is 1020 g/mol. The van der Waals surface area contributed by atoms with Crippen LogP contribution in [0.3, 0.4) is 0 Å². The van der Waals surface area contributed by atoms with Gasteiger partial charge in [0.25, 0.3) is 0 Å². The summed E-state index contributed by atoms with van der Waals surface area (Å²) in [4.78, 5) is 108. The maximum absolute atomic E-state index is 13.0. The number of carbonyl (C=O) groups is 9. The molecule has 6 atom stereocenters. The number of hydrazine groups is 1. The standard InChI is InChI=1S/C53H96N6O17S.2H2/c1-40(45(62)37-42(27-36-77(3)72)52(69)59-58-50(41(2)60)51(54)68)21-18-19-28-55-47(64)38-76-35-33-74-31-29-56-48(65)39-75-34-32-73-30-20-22-43(61)25-26-44(53(70)71)57-46(63)23-16-14-12-10-8-6-4-5-7-9-11-13-15-17-24-49(66)67;;/h40-42,44,50,58,60H,4-39H2,1-3H3,(H2,54,68)(H,55,64)(H,56,65)(H,57,63)(H,59,69)(H,66,67)(H,70,71);2*1H/t40-,41+,42+,44-,50-,77?;;/m0../s1. The zero-order valence-corrected chi connectivity index (χ0v) is 47.2. The third-order valence-corrected chi connectivity index (χ3v) is 13.4. The van der Waals surface area contributed by atoms with Crippen molar-refractivity contribution in [3.8, 4) is 0 Å². The molecule has 24 heteroatoms. The second-order valence-electron chi connectivity index (χ2n) is 19.6. The number of primary amides is 1. The minimum absolute atomic E-state index is 0. The lowest BCUT2D eigenvalue weighted by molar-refractivity contribution is -0.142. The predicted octanol–water partition coefficient (Wildman–Crippen LogP) is 3.81. The summed E-state index contributed by atoms with van der Waals surface area (Å²) in [6, 6.07) is -2.35. The molecule has 0 aliphatic carbocycles. The average molecular weight is 1130 g/mol. The summed E-state index contributed by atoms with van der Waals surface area (Å²) < 4.78 is 33.2. The molecule has 1 unspecified atom stereocenters. The van der Waals surface area contributed by atoms with Gasteiger partial charge in [-0.3, -0.25) is 48.0 Å². The van der Waals surface area contributed by atoms with Crippen molar-refractivity contribution in [2.24, 2.45) is 17.6 Å². The molecule has 450 valence electrons. The second-order valence-corrected chi connectivity index (χ2v) is 21.2. The molecule has 77 heavy (non-hydrogen) atoms. The van der Waals surface area contributed by atoms with Crippen LogP contribution in [0.4, 0.5) is 0 Å². The van der Waals surface area contributed by atoms with Crippen molar-refractivity contribution in [2.75, 3.05) is 78.0 Å². The van der Waals surface area contributed by atoms with Gasteiger partial charge in [0.15, 0.2) is 0 Å². The Hall–Kier alpha value is -4.46. The maximum Gasteiger partial charge on any atom is 0.326 e. The number of hydrogen-bond donors (Lipinski definition) is 9. The number of Topliss-reactive ketones (excluding diaryl/α,β-unsaturated/α-hetero) is 2. The monoisotopic (exact) mass is 1120 g/mol. The molecule has 0 aromatic heterocycles. The number of carboxylic acids is 2. The van der Waals surface area contributed by atoms with Gasteiger partial charge in [0, 0.05) is 89.3 Å². The zero-order valence-electron chi connectivity index (χ0n) is 46.4. The van der Waals surface area contributed by atoms with Gasteiger partial charge in [-0.2, -0.15) is 0 Å². The van der Waals surface area contributed by atoms with Crippen LogP contribution >= 0.6 is 0 Å². The molecular formula is C53H100N6O17S. The smallest absolute Gasteiger partial charge is 0.326 e. The molecule has 23 nitrogen and oxygen atoms in total. The van der Waals surface area contributed by atoms with E-state index in [4.69, 9.17) is 29.8 Å². The number of rotatable bonds is 55. The Morgan fingerprint density at radius 1 is 0.571 bits per heavy atom. The van der Waals surface area contributed by atoms with E-state index in [1.807, 2.05) is 0 Å². The SMILES string of the molecule is C[C@@H](CCCCNC(=O)COCCOCCNC(=O)COCCOCCCC(=O)CC[C@H](NC(=O)CCCCCCCCCCCCCCCCC(=O)O)C(=O)O)C(=O)C[C@@H](CCS(C)=O)C(=O)NN[C@H](C(N)=O)[C@@H](C)O.[HH].[HH]. The highest BCUT2D eigenvalue weighted by Gasteiger charge is 2.28. The van der Waals surface area contributed by atoms with E-state index in [-0.39, 0.29) is 148 Å². The van der Waals surface area contributed by atoms with Crippen molar-refractivity contribution < 1.29 is 84.5 Å². The van der Waals surface area contributed by atoms with E-state index in [2.05, 4.69) is 26.8 Å². The quantitative estimate of drug-likeness (QED) is 0.0309. The molecule has 0 heterocycles. The van der Waals surface area contributed by atoms with Gasteiger partial charge in [0.1, 0.15) is 36.9 Å². The zero-order chi connectivity index (χ0) is 57.5. The van der Waals surface area contributed by atoms with Gasteiger partial charge in [-0.15, -0.1) is 0 Å². The lowest BCUT2D eigenvalue weighted by Gasteiger charge is -2.22. The van der Waals surface area contributed by atoms with Crippen molar-refractivity contribution in [2.45, 2.75) is 193 Å². The average Bonchev–Trinajstić information content (AvgIpc) is 3.37. The molecule has 0 aromatic rings. The molecule has 10 N–H and O–H groups in total. The first-order valence-corrected chi connectivity index (χ1v) is 29.5. The number of nitrogens with two attached hydrogens (primary N) is 1. The molecule has 0 bridgehead atoms.